The van der Waals surface area contributed by atoms with Crippen LogP contribution in [0.3, 0.4) is 0 Å². The quantitative estimate of drug-likeness (QED) is 0.491. The van der Waals surface area contributed by atoms with Crippen LogP contribution in [0.2, 0.25) is 0 Å². The van der Waals surface area contributed by atoms with Gasteiger partial charge in [0.25, 0.3) is 5.91 Å². The van der Waals surface area contributed by atoms with Gasteiger partial charge in [0.05, 0.1) is 27.4 Å². The number of methoxy groups -OCH3 is 2. The van der Waals surface area contributed by atoms with Crippen molar-refractivity contribution in [2.45, 2.75) is 0 Å². The first-order valence-corrected chi connectivity index (χ1v) is 9.63. The number of hydrogen-bond donors (Lipinski definition) is 0. The third-order valence-corrected chi connectivity index (χ3v) is 4.68. The summed E-state index contributed by atoms with van der Waals surface area (Å²) in [5, 5.41) is 0. The van der Waals surface area contributed by atoms with Crippen LogP contribution in [-0.2, 0) is 9.53 Å². The maximum Gasteiger partial charge on any atom is 0.260 e. The summed E-state index contributed by atoms with van der Waals surface area (Å²) >= 11 is 0. The van der Waals surface area contributed by atoms with Crippen molar-refractivity contribution in [3.8, 4) is 17.2 Å². The van der Waals surface area contributed by atoms with Crippen molar-refractivity contribution in [3.63, 3.8) is 0 Å². The molecule has 0 unspecified atom stereocenters. The van der Waals surface area contributed by atoms with Gasteiger partial charge in [-0.25, -0.2) is 0 Å². The highest BCUT2D eigenvalue weighted by atomic mass is 16.5. The summed E-state index contributed by atoms with van der Waals surface area (Å²) in [6.45, 7) is 2.17. The van der Waals surface area contributed by atoms with Gasteiger partial charge in [-0.15, -0.1) is 0 Å². The van der Waals surface area contributed by atoms with E-state index in [9.17, 15) is 9.59 Å². The molecule has 1 heterocycles. The number of ether oxygens (including phenoxy) is 4. The molecule has 0 aromatic heterocycles. The number of ketones is 1. The van der Waals surface area contributed by atoms with E-state index < -0.39 is 0 Å². The molecule has 0 spiro atoms. The summed E-state index contributed by atoms with van der Waals surface area (Å²) in [6.07, 6.45) is 3.19. The van der Waals surface area contributed by atoms with E-state index in [1.165, 1.54) is 13.2 Å². The lowest BCUT2D eigenvalue weighted by molar-refractivity contribution is -0.137. The lowest BCUT2D eigenvalue weighted by atomic mass is 10.1. The maximum atomic E-state index is 12.4. The molecule has 3 rings (SSSR count). The maximum absolute atomic E-state index is 12.4. The standard InChI is InChI=1S/C23H25NO6/c1-27-19-5-3-4-18(15-19)20(25)8-6-17-7-9-21(22(14-17)28-2)30-16-23(26)24-10-12-29-13-11-24/h3-9,14-15H,10-13,16H2,1-2H3/b8-6+. The molecule has 1 aliphatic rings. The first-order valence-electron chi connectivity index (χ1n) is 9.63. The highest BCUT2D eigenvalue weighted by Crippen LogP contribution is 2.28. The Kier molecular flexibility index (Phi) is 7.45. The molecule has 7 heteroatoms. The van der Waals surface area contributed by atoms with E-state index in [4.69, 9.17) is 18.9 Å². The minimum absolute atomic E-state index is 0.0696. The van der Waals surface area contributed by atoms with Gasteiger partial charge in [0.15, 0.2) is 23.9 Å². The smallest absolute Gasteiger partial charge is 0.260 e. The van der Waals surface area contributed by atoms with Gasteiger partial charge in [0.1, 0.15) is 5.75 Å². The summed E-state index contributed by atoms with van der Waals surface area (Å²) in [6, 6.07) is 12.3. The van der Waals surface area contributed by atoms with E-state index in [-0.39, 0.29) is 18.3 Å². The second-order valence-electron chi connectivity index (χ2n) is 6.62. The summed E-state index contributed by atoms with van der Waals surface area (Å²) in [4.78, 5) is 26.3. The van der Waals surface area contributed by atoms with E-state index in [0.717, 1.165) is 5.56 Å². The molecule has 0 saturated carbocycles. The lowest BCUT2D eigenvalue weighted by Gasteiger charge is -2.26. The Hall–Kier alpha value is -3.32. The zero-order valence-electron chi connectivity index (χ0n) is 17.1. The van der Waals surface area contributed by atoms with Gasteiger partial charge in [0, 0.05) is 18.7 Å². The van der Waals surface area contributed by atoms with Crippen molar-refractivity contribution < 1.29 is 28.5 Å². The van der Waals surface area contributed by atoms with E-state index >= 15 is 0 Å². The monoisotopic (exact) mass is 411 g/mol. The normalized spacial score (nSPS) is 13.9. The molecule has 2 aromatic rings. The fraction of sp³-hybridized carbons (Fsp3) is 0.304. The Balaban J connectivity index is 1.63. The summed E-state index contributed by atoms with van der Waals surface area (Å²) < 4.78 is 21.4. The first kappa shape index (κ1) is 21.4. The number of benzene rings is 2. The number of morpholine rings is 1. The predicted molar refractivity (Wildman–Crippen MR) is 112 cm³/mol. The summed E-state index contributed by atoms with van der Waals surface area (Å²) in [7, 11) is 3.09. The number of rotatable bonds is 8. The van der Waals surface area contributed by atoms with Crippen LogP contribution in [0.15, 0.2) is 48.5 Å². The topological polar surface area (TPSA) is 74.3 Å². The summed E-state index contributed by atoms with van der Waals surface area (Å²) in [5.41, 5.74) is 1.31. The van der Waals surface area contributed by atoms with Gasteiger partial charge in [0.2, 0.25) is 0 Å². The van der Waals surface area contributed by atoms with Gasteiger partial charge in [-0.2, -0.15) is 0 Å². The average molecular weight is 411 g/mol. The number of carbonyl (C=O) groups excluding carboxylic acids is 2. The van der Waals surface area contributed by atoms with Crippen molar-refractivity contribution in [2.24, 2.45) is 0 Å². The zero-order valence-corrected chi connectivity index (χ0v) is 17.1. The van der Waals surface area contributed by atoms with Gasteiger partial charge in [-0.1, -0.05) is 24.3 Å². The molecule has 7 nitrogen and oxygen atoms in total. The average Bonchev–Trinajstić information content (AvgIpc) is 2.81. The van der Waals surface area contributed by atoms with Crippen molar-refractivity contribution in [1.29, 1.82) is 0 Å². The molecule has 158 valence electrons. The molecule has 1 saturated heterocycles. The zero-order chi connectivity index (χ0) is 21.3. The minimum Gasteiger partial charge on any atom is -0.497 e. The molecule has 0 bridgehead atoms. The van der Waals surface area contributed by atoms with Crippen molar-refractivity contribution in [2.75, 3.05) is 47.1 Å². The summed E-state index contributed by atoms with van der Waals surface area (Å²) in [5.74, 6) is 1.36. The molecular formula is C23H25NO6. The molecule has 2 aromatic carbocycles. The second kappa shape index (κ2) is 10.5. The Morgan fingerprint density at radius 1 is 1.03 bits per heavy atom. The van der Waals surface area contributed by atoms with Crippen LogP contribution >= 0.6 is 0 Å². The third kappa shape index (κ3) is 5.61. The van der Waals surface area contributed by atoms with E-state index in [1.54, 1.807) is 60.6 Å². The Labute approximate surface area is 175 Å². The Morgan fingerprint density at radius 2 is 1.83 bits per heavy atom. The van der Waals surface area contributed by atoms with Crippen LogP contribution in [0.4, 0.5) is 0 Å². The SMILES string of the molecule is COc1cccc(C(=O)/C=C/c2ccc(OCC(=O)N3CCOCC3)c(OC)c2)c1. The van der Waals surface area contributed by atoms with Crippen LogP contribution in [0.25, 0.3) is 6.08 Å². The van der Waals surface area contributed by atoms with E-state index in [0.29, 0.717) is 49.1 Å². The van der Waals surface area contributed by atoms with Crippen LogP contribution in [0.5, 0.6) is 17.2 Å². The molecular weight excluding hydrogens is 386 g/mol. The molecule has 1 fully saturated rings. The largest absolute Gasteiger partial charge is 0.497 e. The number of allylic oxidation sites excluding steroid dienone is 1. The van der Waals surface area contributed by atoms with Crippen molar-refractivity contribution in [1.82, 2.24) is 4.90 Å². The first-order chi connectivity index (χ1) is 14.6. The van der Waals surface area contributed by atoms with Crippen molar-refractivity contribution in [3.05, 3.63) is 59.7 Å². The second-order valence-corrected chi connectivity index (χ2v) is 6.62. The lowest BCUT2D eigenvalue weighted by Crippen LogP contribution is -2.43. The minimum atomic E-state index is -0.135. The fourth-order valence-electron chi connectivity index (χ4n) is 3.00. The number of amides is 1. The molecule has 0 N–H and O–H groups in total. The van der Waals surface area contributed by atoms with Crippen molar-refractivity contribution >= 4 is 17.8 Å². The van der Waals surface area contributed by atoms with Gasteiger partial charge >= 0.3 is 0 Å². The molecule has 30 heavy (non-hydrogen) atoms. The number of nitrogens with zero attached hydrogens (tertiary/aromatic N) is 1. The van der Waals surface area contributed by atoms with E-state index in [2.05, 4.69) is 0 Å². The van der Waals surface area contributed by atoms with Crippen LogP contribution in [0, 0.1) is 0 Å². The Morgan fingerprint density at radius 3 is 2.57 bits per heavy atom. The third-order valence-electron chi connectivity index (χ3n) is 4.68. The molecule has 0 radical (unpaired) electrons. The molecule has 0 aliphatic carbocycles. The van der Waals surface area contributed by atoms with E-state index in [1.807, 2.05) is 0 Å². The van der Waals surface area contributed by atoms with Crippen LogP contribution < -0.4 is 14.2 Å². The highest BCUT2D eigenvalue weighted by Gasteiger charge is 2.18. The fourth-order valence-corrected chi connectivity index (χ4v) is 3.00. The highest BCUT2D eigenvalue weighted by molar-refractivity contribution is 6.07. The molecule has 1 amide bonds. The van der Waals surface area contributed by atoms with Gasteiger partial charge in [-0.05, 0) is 35.9 Å². The molecule has 1 aliphatic heterocycles. The predicted octanol–water partition coefficient (Wildman–Crippen LogP) is 2.84. The molecule has 0 atom stereocenters. The Bertz CT molecular complexity index is 918. The van der Waals surface area contributed by atoms with Crippen LogP contribution in [0.1, 0.15) is 15.9 Å². The number of carbonyl (C=O) groups is 2. The number of hydrogen-bond acceptors (Lipinski definition) is 6. The van der Waals surface area contributed by atoms with Crippen LogP contribution in [-0.4, -0.2) is 63.7 Å². The van der Waals surface area contributed by atoms with Gasteiger partial charge < -0.3 is 23.8 Å². The van der Waals surface area contributed by atoms with Gasteiger partial charge in [-0.3, -0.25) is 9.59 Å².